The zero-order valence-electron chi connectivity index (χ0n) is 18.6. The third-order valence-electron chi connectivity index (χ3n) is 5.47. The summed E-state index contributed by atoms with van der Waals surface area (Å²) in [5, 5.41) is 27.2. The number of β-amino-alcohol motifs (C(OH)–C–C–N with tert-alkyl or cyclic N) is 1. The van der Waals surface area contributed by atoms with Crippen molar-refractivity contribution in [3.05, 3.63) is 51.7 Å². The number of aliphatic hydroxyl groups excluding tert-OH is 2. The molecule has 11 heteroatoms. The fourth-order valence-corrected chi connectivity index (χ4v) is 4.76. The number of rotatable bonds is 8. The Morgan fingerprint density at radius 1 is 1.18 bits per heavy atom. The van der Waals surface area contributed by atoms with Gasteiger partial charge in [0.15, 0.2) is 11.4 Å². The Hall–Kier alpha value is -2.50. The van der Waals surface area contributed by atoms with Crippen LogP contribution >= 0.6 is 22.9 Å². The molecule has 1 fully saturated rings. The highest BCUT2D eigenvalue weighted by Gasteiger charge is 2.19. The highest BCUT2D eigenvalue weighted by Crippen LogP contribution is 2.32. The zero-order chi connectivity index (χ0) is 23.4. The molecule has 0 radical (unpaired) electrons. The van der Waals surface area contributed by atoms with Gasteiger partial charge in [-0.3, -0.25) is 4.90 Å². The van der Waals surface area contributed by atoms with Gasteiger partial charge in [0.1, 0.15) is 17.5 Å². The zero-order valence-corrected chi connectivity index (χ0v) is 20.2. The second-order valence-corrected chi connectivity index (χ2v) is 9.35. The summed E-state index contributed by atoms with van der Waals surface area (Å²) in [6.07, 6.45) is 0.696. The van der Waals surface area contributed by atoms with Crippen molar-refractivity contribution in [3.63, 3.8) is 0 Å². The number of piperazine rings is 1. The van der Waals surface area contributed by atoms with Crippen molar-refractivity contribution in [3.8, 4) is 0 Å². The fraction of sp³-hybridized carbons (Fsp3) is 0.409. The minimum atomic E-state index is -0.936. The summed E-state index contributed by atoms with van der Waals surface area (Å²) in [6.45, 7) is 8.14. The number of para-hydroxylation sites is 1. The number of benzene rings is 1. The Kier molecular flexibility index (Phi) is 7.61. The van der Waals surface area contributed by atoms with Crippen LogP contribution < -0.4 is 15.5 Å². The molecular weight excluding hydrogens is 462 g/mol. The molecule has 1 saturated heterocycles. The fourth-order valence-electron chi connectivity index (χ4n) is 3.72. The Bertz CT molecular complexity index is 1070. The third-order valence-corrected chi connectivity index (χ3v) is 6.75. The normalized spacial score (nSPS) is 15.5. The number of nitrogens with one attached hydrogen (secondary N) is 2. The Morgan fingerprint density at radius 3 is 2.70 bits per heavy atom. The minimum absolute atomic E-state index is 0.179. The first-order chi connectivity index (χ1) is 15.9. The Balaban J connectivity index is 1.43. The molecule has 0 bridgehead atoms. The van der Waals surface area contributed by atoms with E-state index in [-0.39, 0.29) is 6.61 Å². The van der Waals surface area contributed by atoms with E-state index < -0.39 is 6.23 Å². The van der Waals surface area contributed by atoms with Crippen LogP contribution in [0.15, 0.2) is 30.5 Å². The predicted molar refractivity (Wildman–Crippen MR) is 133 cm³/mol. The Morgan fingerprint density at radius 2 is 1.97 bits per heavy atom. The van der Waals surface area contributed by atoms with E-state index in [1.807, 2.05) is 32.0 Å². The molecule has 1 aliphatic rings. The molecule has 4 rings (SSSR count). The molecular formula is C22H28ClN7O2S. The summed E-state index contributed by atoms with van der Waals surface area (Å²) in [4.78, 5) is 18.6. The molecule has 176 valence electrons. The summed E-state index contributed by atoms with van der Waals surface area (Å²) in [5.41, 5.74) is 1.65. The van der Waals surface area contributed by atoms with Gasteiger partial charge in [0.2, 0.25) is 0 Å². The lowest BCUT2D eigenvalue weighted by molar-refractivity contribution is 0.188. The average molecular weight is 490 g/mol. The molecule has 9 nitrogen and oxygen atoms in total. The molecule has 2 aromatic heterocycles. The molecule has 33 heavy (non-hydrogen) atoms. The van der Waals surface area contributed by atoms with E-state index in [2.05, 4.69) is 35.4 Å². The number of aromatic nitrogens is 3. The maximum Gasteiger partial charge on any atom is 0.188 e. The van der Waals surface area contributed by atoms with Crippen molar-refractivity contribution in [2.75, 3.05) is 54.9 Å². The molecule has 0 spiro atoms. The van der Waals surface area contributed by atoms with Gasteiger partial charge in [-0.2, -0.15) is 0 Å². The van der Waals surface area contributed by atoms with Crippen molar-refractivity contribution in [1.29, 1.82) is 0 Å². The smallest absolute Gasteiger partial charge is 0.188 e. The SMILES string of the molecule is Cc1nc(Nc2ncc(C(O)Nc3c(C)cccc3Cl)s2)cc(N2CCN(CCO)CC2)n1. The molecule has 1 atom stereocenters. The third kappa shape index (κ3) is 5.90. The van der Waals surface area contributed by atoms with Crippen LogP contribution in [0.5, 0.6) is 0 Å². The number of thiazole rings is 1. The summed E-state index contributed by atoms with van der Waals surface area (Å²) < 4.78 is 0. The van der Waals surface area contributed by atoms with Gasteiger partial charge in [0.25, 0.3) is 0 Å². The predicted octanol–water partition coefficient (Wildman–Crippen LogP) is 3.16. The summed E-state index contributed by atoms with van der Waals surface area (Å²) in [5.74, 6) is 2.18. The van der Waals surface area contributed by atoms with E-state index in [9.17, 15) is 5.11 Å². The molecule has 3 aromatic rings. The van der Waals surface area contributed by atoms with E-state index in [1.165, 1.54) is 11.3 Å². The minimum Gasteiger partial charge on any atom is -0.395 e. The van der Waals surface area contributed by atoms with Crippen molar-refractivity contribution in [2.24, 2.45) is 0 Å². The van der Waals surface area contributed by atoms with Crippen LogP contribution in [-0.2, 0) is 0 Å². The summed E-state index contributed by atoms with van der Waals surface area (Å²) >= 11 is 7.60. The monoisotopic (exact) mass is 489 g/mol. The van der Waals surface area contributed by atoms with Crippen LogP contribution in [0.4, 0.5) is 22.5 Å². The van der Waals surface area contributed by atoms with E-state index in [0.717, 1.165) is 37.6 Å². The maximum atomic E-state index is 10.6. The van der Waals surface area contributed by atoms with Gasteiger partial charge in [-0.25, -0.2) is 15.0 Å². The van der Waals surface area contributed by atoms with Gasteiger partial charge in [0, 0.05) is 45.0 Å². The second kappa shape index (κ2) is 10.6. The van der Waals surface area contributed by atoms with Crippen molar-refractivity contribution in [1.82, 2.24) is 19.9 Å². The molecule has 1 aromatic carbocycles. The highest BCUT2D eigenvalue weighted by atomic mass is 35.5. The van der Waals surface area contributed by atoms with Crippen LogP contribution in [-0.4, -0.2) is 69.4 Å². The number of nitrogens with zero attached hydrogens (tertiary/aromatic N) is 5. The molecule has 3 heterocycles. The molecule has 1 unspecified atom stereocenters. The number of aryl methyl sites for hydroxylation is 2. The molecule has 4 N–H and O–H groups in total. The molecule has 1 aliphatic heterocycles. The van der Waals surface area contributed by atoms with Gasteiger partial charge in [-0.05, 0) is 25.5 Å². The van der Waals surface area contributed by atoms with E-state index >= 15 is 0 Å². The van der Waals surface area contributed by atoms with Gasteiger partial charge in [0.05, 0.1) is 22.2 Å². The topological polar surface area (TPSA) is 110 Å². The lowest BCUT2D eigenvalue weighted by Gasteiger charge is -2.35. The number of anilines is 4. The highest BCUT2D eigenvalue weighted by molar-refractivity contribution is 7.15. The van der Waals surface area contributed by atoms with Gasteiger partial charge >= 0.3 is 0 Å². The first kappa shape index (κ1) is 23.7. The van der Waals surface area contributed by atoms with E-state index in [0.29, 0.717) is 38.9 Å². The van der Waals surface area contributed by atoms with Crippen LogP contribution in [0, 0.1) is 13.8 Å². The van der Waals surface area contributed by atoms with Crippen molar-refractivity contribution in [2.45, 2.75) is 20.1 Å². The standard InChI is InChI=1S/C22H28ClN7O2S/c1-14-4-3-5-16(23)20(14)28-21(32)17-13-24-22(33-17)27-18-12-19(26-15(2)25-18)30-8-6-29(7-9-30)10-11-31/h3-5,12-13,21,28,31-32H,6-11H2,1-2H3,(H,24,25,26,27). The second-order valence-electron chi connectivity index (χ2n) is 7.88. The van der Waals surface area contributed by atoms with Crippen molar-refractivity contribution >= 4 is 45.4 Å². The quantitative estimate of drug-likeness (QED) is 0.354. The van der Waals surface area contributed by atoms with Gasteiger partial charge in [-0.1, -0.05) is 35.1 Å². The van der Waals surface area contributed by atoms with E-state index in [4.69, 9.17) is 16.7 Å². The summed E-state index contributed by atoms with van der Waals surface area (Å²) in [7, 11) is 0. The van der Waals surface area contributed by atoms with E-state index in [1.54, 1.807) is 12.3 Å². The first-order valence-electron chi connectivity index (χ1n) is 10.8. The van der Waals surface area contributed by atoms with Crippen LogP contribution in [0.3, 0.4) is 0 Å². The molecule has 0 amide bonds. The van der Waals surface area contributed by atoms with Gasteiger partial charge < -0.3 is 25.7 Å². The van der Waals surface area contributed by atoms with Crippen LogP contribution in [0.1, 0.15) is 22.5 Å². The average Bonchev–Trinajstić information content (AvgIpc) is 3.25. The number of aliphatic hydroxyl groups is 2. The van der Waals surface area contributed by atoms with Crippen LogP contribution in [0.25, 0.3) is 0 Å². The Labute approximate surface area is 202 Å². The molecule has 0 aliphatic carbocycles. The lowest BCUT2D eigenvalue weighted by Crippen LogP contribution is -2.47. The molecule has 0 saturated carbocycles. The van der Waals surface area contributed by atoms with Crippen molar-refractivity contribution < 1.29 is 10.2 Å². The maximum absolute atomic E-state index is 10.6. The number of hydrogen-bond acceptors (Lipinski definition) is 10. The number of hydrogen-bond donors (Lipinski definition) is 4. The number of halogens is 1. The summed E-state index contributed by atoms with van der Waals surface area (Å²) in [6, 6.07) is 7.50. The van der Waals surface area contributed by atoms with Crippen LogP contribution in [0.2, 0.25) is 5.02 Å². The lowest BCUT2D eigenvalue weighted by atomic mass is 10.2. The van der Waals surface area contributed by atoms with Gasteiger partial charge in [-0.15, -0.1) is 0 Å². The first-order valence-corrected chi connectivity index (χ1v) is 12.0. The largest absolute Gasteiger partial charge is 0.395 e.